The van der Waals surface area contributed by atoms with Crippen LogP contribution in [0.5, 0.6) is 0 Å². The number of ether oxygens (including phenoxy) is 3. The number of rotatable bonds is 16. The summed E-state index contributed by atoms with van der Waals surface area (Å²) in [6.07, 6.45) is 3.28. The van der Waals surface area contributed by atoms with Crippen molar-refractivity contribution >= 4 is 29.9 Å². The highest BCUT2D eigenvalue weighted by Gasteiger charge is 2.00. The molecule has 0 unspecified atom stereocenters. The van der Waals surface area contributed by atoms with Crippen molar-refractivity contribution in [3.05, 3.63) is 35.4 Å². The molecule has 0 saturated carbocycles. The summed E-state index contributed by atoms with van der Waals surface area (Å²) in [5.41, 5.74) is 2.33. The van der Waals surface area contributed by atoms with Gasteiger partial charge in [-0.1, -0.05) is 37.6 Å². The fourth-order valence-corrected chi connectivity index (χ4v) is 2.51. The van der Waals surface area contributed by atoms with Gasteiger partial charge in [-0.2, -0.15) is 0 Å². The molecule has 0 spiro atoms. The number of hydrogen-bond acceptors (Lipinski definition) is 4. The predicted octanol–water partition coefficient (Wildman–Crippen LogP) is 4.12. The largest absolute Gasteiger partial charge is 0.381 e. The summed E-state index contributed by atoms with van der Waals surface area (Å²) in [5.74, 6) is 0.842. The number of guanidine groups is 1. The molecule has 0 bridgehead atoms. The van der Waals surface area contributed by atoms with E-state index in [-0.39, 0.29) is 24.0 Å². The van der Waals surface area contributed by atoms with Crippen LogP contribution in [0.4, 0.5) is 0 Å². The Balaban J connectivity index is 0.00000784. The molecule has 2 N–H and O–H groups in total. The van der Waals surface area contributed by atoms with E-state index in [1.165, 1.54) is 12.0 Å². The van der Waals surface area contributed by atoms with Crippen molar-refractivity contribution in [1.82, 2.24) is 10.6 Å². The third-order valence-corrected chi connectivity index (χ3v) is 4.00. The second-order valence-corrected chi connectivity index (χ2v) is 6.51. The lowest BCUT2D eigenvalue weighted by Crippen LogP contribution is -2.38. The molecule has 1 aromatic carbocycles. The Morgan fingerprint density at radius 2 is 1.66 bits per heavy atom. The highest BCUT2D eigenvalue weighted by molar-refractivity contribution is 14.0. The van der Waals surface area contributed by atoms with Crippen molar-refractivity contribution in [2.75, 3.05) is 46.1 Å². The van der Waals surface area contributed by atoms with Crippen molar-refractivity contribution in [3.8, 4) is 0 Å². The quantitative estimate of drug-likeness (QED) is 0.148. The molecular weight excluding hydrogens is 481 g/mol. The fourth-order valence-electron chi connectivity index (χ4n) is 2.51. The Hall–Kier alpha value is -0.900. The zero-order valence-electron chi connectivity index (χ0n) is 18.4. The van der Waals surface area contributed by atoms with Crippen molar-refractivity contribution in [1.29, 1.82) is 0 Å². The monoisotopic (exact) mass is 521 g/mol. The first-order valence-corrected chi connectivity index (χ1v) is 10.6. The van der Waals surface area contributed by atoms with Crippen LogP contribution < -0.4 is 10.6 Å². The lowest BCUT2D eigenvalue weighted by molar-refractivity contribution is 0.0453. The second-order valence-electron chi connectivity index (χ2n) is 6.51. The third-order valence-electron chi connectivity index (χ3n) is 4.00. The van der Waals surface area contributed by atoms with Gasteiger partial charge in [0.25, 0.3) is 0 Å². The van der Waals surface area contributed by atoms with Crippen molar-refractivity contribution in [2.45, 2.75) is 53.2 Å². The Labute approximate surface area is 194 Å². The summed E-state index contributed by atoms with van der Waals surface area (Å²) in [6.45, 7) is 12.8. The Kier molecular flexibility index (Phi) is 19.7. The minimum absolute atomic E-state index is 0. The molecule has 0 amide bonds. The Morgan fingerprint density at radius 3 is 2.41 bits per heavy atom. The van der Waals surface area contributed by atoms with Crippen LogP contribution in [0.3, 0.4) is 0 Å². The van der Waals surface area contributed by atoms with E-state index in [9.17, 15) is 0 Å². The maximum absolute atomic E-state index is 5.64. The SMILES string of the molecule is CCCCOCCCNC(=NCc1cccc(COCCOCC)c1)NCC.I. The molecule has 7 heteroatoms. The van der Waals surface area contributed by atoms with E-state index < -0.39 is 0 Å². The zero-order chi connectivity index (χ0) is 20.3. The Morgan fingerprint density at radius 1 is 0.897 bits per heavy atom. The standard InChI is InChI=1S/C22H39N3O3.HI/c1-4-7-13-27-14-9-12-24-22(23-5-2)25-18-20-10-8-11-21(17-20)19-28-16-15-26-6-3;/h8,10-11,17H,4-7,9,12-16,18-19H2,1-3H3,(H2,23,24,25);1H. The van der Waals surface area contributed by atoms with Crippen molar-refractivity contribution in [3.63, 3.8) is 0 Å². The van der Waals surface area contributed by atoms with E-state index in [2.05, 4.69) is 53.7 Å². The summed E-state index contributed by atoms with van der Waals surface area (Å²) in [6, 6.07) is 8.38. The first-order chi connectivity index (χ1) is 13.8. The van der Waals surface area contributed by atoms with Gasteiger partial charge >= 0.3 is 0 Å². The van der Waals surface area contributed by atoms with Crippen LogP contribution in [0.15, 0.2) is 29.3 Å². The molecule has 0 aliphatic rings. The summed E-state index contributed by atoms with van der Waals surface area (Å²) in [4.78, 5) is 4.69. The third kappa shape index (κ3) is 15.6. The van der Waals surface area contributed by atoms with Gasteiger partial charge in [-0.3, -0.25) is 0 Å². The van der Waals surface area contributed by atoms with Crippen LogP contribution in [-0.2, 0) is 27.4 Å². The van der Waals surface area contributed by atoms with Gasteiger partial charge in [-0.25, -0.2) is 4.99 Å². The lowest BCUT2D eigenvalue weighted by Gasteiger charge is -2.12. The topological polar surface area (TPSA) is 64.1 Å². The molecule has 0 aliphatic heterocycles. The Bertz CT molecular complexity index is 530. The van der Waals surface area contributed by atoms with E-state index in [1.807, 2.05) is 6.92 Å². The smallest absolute Gasteiger partial charge is 0.191 e. The zero-order valence-corrected chi connectivity index (χ0v) is 20.7. The van der Waals surface area contributed by atoms with Crippen molar-refractivity contribution < 1.29 is 14.2 Å². The molecule has 1 aromatic rings. The van der Waals surface area contributed by atoms with Crippen LogP contribution in [0.2, 0.25) is 0 Å². The van der Waals surface area contributed by atoms with Gasteiger partial charge in [0.15, 0.2) is 5.96 Å². The van der Waals surface area contributed by atoms with Gasteiger partial charge in [-0.15, -0.1) is 24.0 Å². The highest BCUT2D eigenvalue weighted by atomic mass is 127. The van der Waals surface area contributed by atoms with Crippen LogP contribution in [0.25, 0.3) is 0 Å². The maximum Gasteiger partial charge on any atom is 0.191 e. The number of nitrogens with zero attached hydrogens (tertiary/aromatic N) is 1. The van der Waals surface area contributed by atoms with Gasteiger partial charge in [-0.05, 0) is 37.8 Å². The first kappa shape index (κ1) is 28.1. The van der Waals surface area contributed by atoms with Crippen LogP contribution in [0.1, 0.15) is 51.2 Å². The number of unbranched alkanes of at least 4 members (excludes halogenated alkanes) is 1. The van der Waals surface area contributed by atoms with Gasteiger partial charge in [0, 0.05) is 32.9 Å². The van der Waals surface area contributed by atoms with Gasteiger partial charge < -0.3 is 24.8 Å². The van der Waals surface area contributed by atoms with Crippen LogP contribution in [0, 0.1) is 0 Å². The van der Waals surface area contributed by atoms with E-state index in [0.717, 1.165) is 57.3 Å². The first-order valence-electron chi connectivity index (χ1n) is 10.6. The summed E-state index contributed by atoms with van der Waals surface area (Å²) >= 11 is 0. The van der Waals surface area contributed by atoms with Gasteiger partial charge in [0.2, 0.25) is 0 Å². The van der Waals surface area contributed by atoms with Crippen molar-refractivity contribution in [2.24, 2.45) is 4.99 Å². The number of benzene rings is 1. The number of hydrogen-bond donors (Lipinski definition) is 2. The molecule has 0 heterocycles. The maximum atomic E-state index is 5.64. The van der Waals surface area contributed by atoms with Crippen LogP contribution in [-0.4, -0.2) is 52.1 Å². The molecule has 0 radical (unpaired) electrons. The number of nitrogens with one attached hydrogen (secondary N) is 2. The molecule has 29 heavy (non-hydrogen) atoms. The number of halogens is 1. The second kappa shape index (κ2) is 20.4. The summed E-state index contributed by atoms with van der Waals surface area (Å²) < 4.78 is 16.5. The highest BCUT2D eigenvalue weighted by Crippen LogP contribution is 2.08. The number of aliphatic imine (C=N–C) groups is 1. The summed E-state index contributed by atoms with van der Waals surface area (Å²) in [7, 11) is 0. The normalized spacial score (nSPS) is 11.2. The molecule has 0 aliphatic carbocycles. The van der Waals surface area contributed by atoms with Crippen LogP contribution >= 0.6 is 24.0 Å². The molecule has 0 fully saturated rings. The van der Waals surface area contributed by atoms with Gasteiger partial charge in [0.05, 0.1) is 26.4 Å². The minimum Gasteiger partial charge on any atom is -0.381 e. The summed E-state index contributed by atoms with van der Waals surface area (Å²) in [5, 5.41) is 6.66. The fraction of sp³-hybridized carbons (Fsp3) is 0.682. The molecule has 6 nitrogen and oxygen atoms in total. The molecule has 0 atom stereocenters. The van der Waals surface area contributed by atoms with E-state index >= 15 is 0 Å². The molecule has 168 valence electrons. The molecule has 0 saturated heterocycles. The minimum atomic E-state index is 0. The van der Waals surface area contributed by atoms with E-state index in [4.69, 9.17) is 14.2 Å². The predicted molar refractivity (Wildman–Crippen MR) is 131 cm³/mol. The molecule has 1 rings (SSSR count). The van der Waals surface area contributed by atoms with Gasteiger partial charge in [0.1, 0.15) is 0 Å². The lowest BCUT2D eigenvalue weighted by atomic mass is 10.1. The average Bonchev–Trinajstić information content (AvgIpc) is 2.71. The molecular formula is C22H40IN3O3. The van der Waals surface area contributed by atoms with E-state index in [0.29, 0.717) is 26.4 Å². The average molecular weight is 521 g/mol. The molecule has 0 aromatic heterocycles. The van der Waals surface area contributed by atoms with E-state index in [1.54, 1.807) is 0 Å².